The largest absolute Gasteiger partial charge is 0.491 e. The van der Waals surface area contributed by atoms with Crippen molar-refractivity contribution in [2.24, 2.45) is 0 Å². The van der Waals surface area contributed by atoms with Gasteiger partial charge in [-0.1, -0.05) is 30.7 Å². The van der Waals surface area contributed by atoms with Crippen LogP contribution in [0, 0.1) is 0 Å². The smallest absolute Gasteiger partial charge is 0.319 e. The van der Waals surface area contributed by atoms with Crippen molar-refractivity contribution in [3.8, 4) is 5.75 Å². The van der Waals surface area contributed by atoms with E-state index in [0.29, 0.717) is 44.2 Å². The van der Waals surface area contributed by atoms with Crippen LogP contribution in [0.25, 0.3) is 0 Å². The van der Waals surface area contributed by atoms with Gasteiger partial charge in [-0.05, 0) is 54.8 Å². The number of aromatic nitrogens is 2. The first-order chi connectivity index (χ1) is 17.0. The maximum atomic E-state index is 11.8. The zero-order valence-electron chi connectivity index (χ0n) is 19.8. The summed E-state index contributed by atoms with van der Waals surface area (Å²) in [5, 5.41) is 6.30. The van der Waals surface area contributed by atoms with Gasteiger partial charge in [-0.25, -0.2) is 9.78 Å². The number of hydrogen-bond donors (Lipinski definition) is 2. The van der Waals surface area contributed by atoms with E-state index >= 15 is 0 Å². The number of imidazole rings is 1. The molecule has 2 aromatic carbocycles. The van der Waals surface area contributed by atoms with E-state index in [-0.39, 0.29) is 12.1 Å². The van der Waals surface area contributed by atoms with Crippen LogP contribution in [-0.4, -0.2) is 47.2 Å². The monoisotopic (exact) mass is 498 g/mol. The maximum absolute atomic E-state index is 11.8. The number of anilines is 1. The normalized spacial score (nSPS) is 19.4. The summed E-state index contributed by atoms with van der Waals surface area (Å²) in [6, 6.07) is 14.9. The van der Waals surface area contributed by atoms with Crippen LogP contribution in [0.4, 0.5) is 10.5 Å². The Morgan fingerprint density at radius 1 is 1.23 bits per heavy atom. The highest BCUT2D eigenvalue weighted by atomic mass is 35.5. The Morgan fingerprint density at radius 2 is 2.03 bits per heavy atom. The molecular formula is C26H31ClN4O4. The molecule has 0 bridgehead atoms. The van der Waals surface area contributed by atoms with Crippen molar-refractivity contribution in [2.45, 2.75) is 44.6 Å². The van der Waals surface area contributed by atoms with Crippen molar-refractivity contribution in [1.82, 2.24) is 14.9 Å². The molecule has 0 radical (unpaired) electrons. The van der Waals surface area contributed by atoms with Gasteiger partial charge in [0.15, 0.2) is 5.79 Å². The predicted octanol–water partition coefficient (Wildman–Crippen LogP) is 4.89. The molecule has 2 N–H and O–H groups in total. The lowest BCUT2D eigenvalue weighted by Gasteiger charge is -2.28. The van der Waals surface area contributed by atoms with E-state index in [9.17, 15) is 4.79 Å². The lowest BCUT2D eigenvalue weighted by molar-refractivity contribution is -0.184. The fourth-order valence-corrected chi connectivity index (χ4v) is 4.00. The van der Waals surface area contributed by atoms with Crippen molar-refractivity contribution in [2.75, 3.05) is 25.1 Å². The molecule has 0 saturated carbocycles. The average molecular weight is 499 g/mol. The van der Waals surface area contributed by atoms with E-state index < -0.39 is 5.79 Å². The molecule has 0 unspecified atom stereocenters. The number of ether oxygens (including phenoxy) is 3. The molecule has 1 aliphatic rings. The Bertz CT molecular complexity index is 1060. The first kappa shape index (κ1) is 25.0. The number of aryl methyl sites for hydroxylation is 1. The topological polar surface area (TPSA) is 86.6 Å². The van der Waals surface area contributed by atoms with Gasteiger partial charge in [0.05, 0.1) is 19.5 Å². The van der Waals surface area contributed by atoms with Gasteiger partial charge in [0.2, 0.25) is 0 Å². The first-order valence-corrected chi connectivity index (χ1v) is 12.2. The fraction of sp³-hybridized carbons (Fsp3) is 0.385. The van der Waals surface area contributed by atoms with Crippen molar-refractivity contribution in [3.63, 3.8) is 0 Å². The Morgan fingerprint density at radius 3 is 2.74 bits per heavy atom. The fourth-order valence-electron chi connectivity index (χ4n) is 3.87. The molecule has 1 aromatic heterocycles. The summed E-state index contributed by atoms with van der Waals surface area (Å²) in [6.07, 6.45) is 7.56. The predicted molar refractivity (Wildman–Crippen MR) is 135 cm³/mol. The van der Waals surface area contributed by atoms with Crippen LogP contribution < -0.4 is 15.4 Å². The van der Waals surface area contributed by atoms with Gasteiger partial charge >= 0.3 is 6.03 Å². The average Bonchev–Trinajstić information content (AvgIpc) is 3.52. The Hall–Kier alpha value is -3.07. The summed E-state index contributed by atoms with van der Waals surface area (Å²) < 4.78 is 20.6. The zero-order valence-corrected chi connectivity index (χ0v) is 20.5. The van der Waals surface area contributed by atoms with Gasteiger partial charge in [0.25, 0.3) is 0 Å². The van der Waals surface area contributed by atoms with Gasteiger partial charge in [-0.15, -0.1) is 0 Å². The number of hydrogen-bond acceptors (Lipinski definition) is 5. The van der Waals surface area contributed by atoms with Gasteiger partial charge < -0.3 is 29.4 Å². The number of benzene rings is 2. The van der Waals surface area contributed by atoms with Gasteiger partial charge in [0, 0.05) is 36.1 Å². The minimum absolute atomic E-state index is 0.207. The number of amides is 2. The van der Waals surface area contributed by atoms with Crippen molar-refractivity contribution in [1.29, 1.82) is 0 Å². The van der Waals surface area contributed by atoms with E-state index in [1.54, 1.807) is 12.5 Å². The Kier molecular flexibility index (Phi) is 8.63. The second-order valence-corrected chi connectivity index (χ2v) is 8.98. The molecular weight excluding hydrogens is 468 g/mol. The van der Waals surface area contributed by atoms with Crippen LogP contribution in [0.1, 0.15) is 25.3 Å². The number of nitrogens with one attached hydrogen (secondary N) is 2. The highest BCUT2D eigenvalue weighted by Gasteiger charge is 2.42. The van der Waals surface area contributed by atoms with Crippen LogP contribution in [0.5, 0.6) is 5.75 Å². The second-order valence-electron chi connectivity index (χ2n) is 8.54. The first-order valence-electron chi connectivity index (χ1n) is 11.8. The van der Waals surface area contributed by atoms with Crippen molar-refractivity contribution >= 4 is 23.3 Å². The molecule has 8 nitrogen and oxygen atoms in total. The summed E-state index contributed by atoms with van der Waals surface area (Å²) in [5.41, 5.74) is 1.87. The van der Waals surface area contributed by atoms with Crippen LogP contribution in [0.15, 0.2) is 67.3 Å². The number of rotatable bonds is 11. The maximum Gasteiger partial charge on any atom is 0.319 e. The molecule has 4 rings (SSSR count). The standard InChI is InChI=1S/C26H31ClN4O4/c1-2-13-29-25(32)30-22-7-9-23(10-8-22)33-16-24-17-34-26(35-24,18-31-15-14-28-19-31)12-11-20-3-5-21(27)6-4-20/h3-10,14-15,19,24H,2,11-13,16-18H2,1H3,(H2,29,30,32)/t24-,26+/m1/s1. The van der Waals surface area contributed by atoms with Crippen molar-refractivity contribution in [3.05, 3.63) is 77.8 Å². The number of nitrogens with zero attached hydrogens (tertiary/aromatic N) is 2. The number of urea groups is 1. The summed E-state index contributed by atoms with van der Waals surface area (Å²) in [6.45, 7) is 3.98. The highest BCUT2D eigenvalue weighted by Crippen LogP contribution is 2.31. The SMILES string of the molecule is CCCNC(=O)Nc1ccc(OC[C@@H]2CO[C@](CCc3ccc(Cl)cc3)(Cn3ccnc3)O2)cc1. The number of carbonyl (C=O) groups is 1. The Labute approximate surface area is 210 Å². The summed E-state index contributed by atoms with van der Waals surface area (Å²) in [4.78, 5) is 15.9. The summed E-state index contributed by atoms with van der Waals surface area (Å²) in [5.74, 6) is -0.0741. The van der Waals surface area contributed by atoms with Crippen LogP contribution in [-0.2, 0) is 22.4 Å². The Balaban J connectivity index is 1.31. The number of halogens is 1. The summed E-state index contributed by atoms with van der Waals surface area (Å²) in [7, 11) is 0. The van der Waals surface area contributed by atoms with Gasteiger partial charge in [-0.3, -0.25) is 0 Å². The zero-order chi connectivity index (χ0) is 24.5. The van der Waals surface area contributed by atoms with Crippen molar-refractivity contribution < 1.29 is 19.0 Å². The molecule has 0 aliphatic carbocycles. The minimum Gasteiger partial charge on any atom is -0.491 e. The molecule has 2 amide bonds. The molecule has 9 heteroatoms. The molecule has 1 saturated heterocycles. The quantitative estimate of drug-likeness (QED) is 0.393. The molecule has 2 heterocycles. The second kappa shape index (κ2) is 12.1. The molecule has 1 aliphatic heterocycles. The van der Waals surface area contributed by atoms with E-state index in [1.165, 1.54) is 5.56 Å². The molecule has 3 aromatic rings. The molecule has 186 valence electrons. The highest BCUT2D eigenvalue weighted by molar-refractivity contribution is 6.30. The third-order valence-corrected chi connectivity index (χ3v) is 5.94. The van der Waals surface area contributed by atoms with E-state index in [4.69, 9.17) is 25.8 Å². The molecule has 2 atom stereocenters. The third kappa shape index (κ3) is 7.45. The van der Waals surface area contributed by atoms with Gasteiger partial charge in [0.1, 0.15) is 18.5 Å². The molecule has 35 heavy (non-hydrogen) atoms. The lowest BCUT2D eigenvalue weighted by Crippen LogP contribution is -2.37. The third-order valence-electron chi connectivity index (χ3n) is 5.69. The van der Waals surface area contributed by atoms with Crippen LogP contribution >= 0.6 is 11.6 Å². The van der Waals surface area contributed by atoms with E-state index in [0.717, 1.165) is 17.9 Å². The lowest BCUT2D eigenvalue weighted by atomic mass is 10.0. The van der Waals surface area contributed by atoms with Crippen LogP contribution in [0.2, 0.25) is 5.02 Å². The van der Waals surface area contributed by atoms with E-state index in [2.05, 4.69) is 15.6 Å². The van der Waals surface area contributed by atoms with Gasteiger partial charge in [-0.2, -0.15) is 0 Å². The van der Waals surface area contributed by atoms with Crippen LogP contribution in [0.3, 0.4) is 0 Å². The summed E-state index contributed by atoms with van der Waals surface area (Å²) >= 11 is 6.02. The minimum atomic E-state index is -0.770. The van der Waals surface area contributed by atoms with E-state index in [1.807, 2.05) is 66.2 Å². The number of carbonyl (C=O) groups excluding carboxylic acids is 1. The molecule has 1 fully saturated rings. The molecule has 0 spiro atoms.